The second kappa shape index (κ2) is 10.8. The number of hydrogen-bond donors (Lipinski definition) is 1. The summed E-state index contributed by atoms with van der Waals surface area (Å²) in [5.74, 6) is -0.912. The summed E-state index contributed by atoms with van der Waals surface area (Å²) < 4.78 is 118. The lowest BCUT2D eigenvalue weighted by molar-refractivity contribution is -0.257. The summed E-state index contributed by atoms with van der Waals surface area (Å²) in [4.78, 5) is 14.8. The van der Waals surface area contributed by atoms with Crippen molar-refractivity contribution in [1.29, 1.82) is 0 Å². The highest BCUT2D eigenvalue weighted by atomic mass is 32.2. The molecule has 0 bridgehead atoms. The van der Waals surface area contributed by atoms with Crippen LogP contribution in [0.4, 0.5) is 32.0 Å². The number of anilines is 1. The van der Waals surface area contributed by atoms with Crippen molar-refractivity contribution in [3.63, 3.8) is 0 Å². The second-order valence-corrected chi connectivity index (χ2v) is 11.3. The number of H-pyrrole nitrogens is 1. The summed E-state index contributed by atoms with van der Waals surface area (Å²) in [6, 6.07) is 5.12. The van der Waals surface area contributed by atoms with E-state index in [2.05, 4.69) is 30.3 Å². The number of pyridine rings is 1. The summed E-state index contributed by atoms with van der Waals surface area (Å²) in [7, 11) is -4.66. The van der Waals surface area contributed by atoms with Crippen molar-refractivity contribution >= 4 is 21.7 Å². The lowest BCUT2D eigenvalue weighted by atomic mass is 10.1. The van der Waals surface area contributed by atoms with Crippen LogP contribution in [0.15, 0.2) is 41.4 Å². The molecule has 0 aliphatic carbocycles. The zero-order valence-electron chi connectivity index (χ0n) is 21.3. The number of fused-ring (bicyclic) bond motifs is 1. The van der Waals surface area contributed by atoms with Gasteiger partial charge in [-0.1, -0.05) is 11.3 Å². The van der Waals surface area contributed by atoms with Gasteiger partial charge in [0, 0.05) is 12.6 Å². The SMILES string of the molecule is CC(C)(OC(=O)Cc1ccc2c(c1)N(S(=O)(=O)c1ccnc(C(F)(F)F)c1)C[C@H](CCc1nn[nH]n1)O2)C(F)(F)F. The average Bonchev–Trinajstić information content (AvgIpc) is 3.39. The summed E-state index contributed by atoms with van der Waals surface area (Å²) in [6.07, 6.45) is -10.1. The molecule has 0 saturated carbocycles. The maximum atomic E-state index is 13.7. The molecule has 1 aliphatic heterocycles. The first-order valence-corrected chi connectivity index (χ1v) is 13.3. The highest BCUT2D eigenvalue weighted by Crippen LogP contribution is 2.40. The van der Waals surface area contributed by atoms with Crippen molar-refractivity contribution in [2.24, 2.45) is 0 Å². The van der Waals surface area contributed by atoms with Crippen molar-refractivity contribution in [2.45, 2.75) is 62.1 Å². The van der Waals surface area contributed by atoms with Crippen molar-refractivity contribution in [2.75, 3.05) is 10.8 Å². The van der Waals surface area contributed by atoms with Gasteiger partial charge in [-0.2, -0.15) is 31.6 Å². The van der Waals surface area contributed by atoms with Gasteiger partial charge < -0.3 is 9.47 Å². The first-order chi connectivity index (χ1) is 19.0. The number of nitrogens with one attached hydrogen (secondary N) is 1. The molecule has 0 unspecified atom stereocenters. The van der Waals surface area contributed by atoms with Gasteiger partial charge in [-0.15, -0.1) is 10.2 Å². The molecule has 0 spiro atoms. The quantitative estimate of drug-likeness (QED) is 0.300. The van der Waals surface area contributed by atoms with E-state index in [1.54, 1.807) is 0 Å². The van der Waals surface area contributed by atoms with Gasteiger partial charge in [0.05, 0.1) is 23.5 Å². The minimum atomic E-state index is -4.92. The first-order valence-electron chi connectivity index (χ1n) is 11.8. The Hall–Kier alpha value is -3.96. The van der Waals surface area contributed by atoms with Gasteiger partial charge >= 0.3 is 18.3 Å². The van der Waals surface area contributed by atoms with Crippen LogP contribution in [0.25, 0.3) is 0 Å². The topological polar surface area (TPSA) is 140 Å². The molecule has 0 saturated heterocycles. The van der Waals surface area contributed by atoms with Crippen LogP contribution in [0.3, 0.4) is 0 Å². The fraction of sp³-hybridized carbons (Fsp3) is 0.435. The van der Waals surface area contributed by atoms with Crippen molar-refractivity contribution in [3.8, 4) is 5.75 Å². The number of esters is 1. The molecular formula is C23H22F6N6O5S. The van der Waals surface area contributed by atoms with Crippen molar-refractivity contribution in [1.82, 2.24) is 25.6 Å². The van der Waals surface area contributed by atoms with E-state index in [1.807, 2.05) is 0 Å². The van der Waals surface area contributed by atoms with E-state index in [4.69, 9.17) is 4.74 Å². The largest absolute Gasteiger partial charge is 0.486 e. The van der Waals surface area contributed by atoms with Gasteiger partial charge in [-0.25, -0.2) is 8.42 Å². The number of benzene rings is 1. The molecule has 41 heavy (non-hydrogen) atoms. The van der Waals surface area contributed by atoms with Gasteiger partial charge in [-0.3, -0.25) is 14.1 Å². The van der Waals surface area contributed by atoms with Gasteiger partial charge in [0.15, 0.2) is 5.82 Å². The molecule has 1 aromatic carbocycles. The van der Waals surface area contributed by atoms with Crippen LogP contribution < -0.4 is 9.04 Å². The molecule has 1 aliphatic rings. The Morgan fingerprint density at radius 2 is 1.88 bits per heavy atom. The third kappa shape index (κ3) is 6.68. The molecule has 1 N–H and O–H groups in total. The van der Waals surface area contributed by atoms with Crippen LogP contribution in [0.1, 0.15) is 37.4 Å². The molecule has 2 aromatic heterocycles. The van der Waals surface area contributed by atoms with Crippen LogP contribution >= 0.6 is 0 Å². The number of ether oxygens (including phenoxy) is 2. The molecule has 4 rings (SSSR count). The molecule has 3 heterocycles. The van der Waals surface area contributed by atoms with Crippen molar-refractivity contribution < 1.29 is 49.0 Å². The van der Waals surface area contributed by atoms with Crippen LogP contribution in [0.2, 0.25) is 0 Å². The van der Waals surface area contributed by atoms with E-state index in [9.17, 15) is 39.6 Å². The molecule has 222 valence electrons. The summed E-state index contributed by atoms with van der Waals surface area (Å²) in [5, 5.41) is 13.3. The van der Waals surface area contributed by atoms with E-state index in [1.165, 1.54) is 18.2 Å². The predicted octanol–water partition coefficient (Wildman–Crippen LogP) is 3.63. The normalized spacial score (nSPS) is 16.2. The zero-order valence-corrected chi connectivity index (χ0v) is 22.1. The molecule has 18 heteroatoms. The van der Waals surface area contributed by atoms with Crippen LogP contribution in [0, 0.1) is 0 Å². The Kier molecular flexibility index (Phi) is 7.90. The van der Waals surface area contributed by atoms with Gasteiger partial charge in [-0.05, 0) is 50.1 Å². The first kappa shape index (κ1) is 30.0. The molecule has 0 radical (unpaired) electrons. The van der Waals surface area contributed by atoms with E-state index in [0.29, 0.717) is 31.9 Å². The summed E-state index contributed by atoms with van der Waals surface area (Å²) in [6.45, 7) is 1.00. The number of carbonyl (C=O) groups is 1. The lowest BCUT2D eigenvalue weighted by Gasteiger charge is -2.36. The Balaban J connectivity index is 1.68. The maximum Gasteiger partial charge on any atom is 0.433 e. The summed E-state index contributed by atoms with van der Waals surface area (Å²) >= 11 is 0. The van der Waals surface area contributed by atoms with Crippen molar-refractivity contribution in [3.05, 3.63) is 53.6 Å². The number of sulfonamides is 1. The smallest absolute Gasteiger partial charge is 0.433 e. The monoisotopic (exact) mass is 608 g/mol. The standard InChI is InChI=1S/C23H22F6N6O5S/c1-21(2,23(27,28)29)40-20(36)10-13-3-5-17-16(9-13)35(12-14(39-17)4-6-19-31-33-34-32-19)41(37,38)15-7-8-30-18(11-15)22(24,25)26/h3,5,7-9,11,14H,4,6,10,12H2,1-2H3,(H,31,32,33,34)/t14-/m0/s1. The molecule has 1 atom stereocenters. The highest BCUT2D eigenvalue weighted by Gasteiger charge is 2.50. The van der Waals surface area contributed by atoms with Crippen LogP contribution in [0.5, 0.6) is 5.75 Å². The van der Waals surface area contributed by atoms with Crippen LogP contribution in [-0.4, -0.2) is 64.4 Å². The fourth-order valence-electron chi connectivity index (χ4n) is 3.82. The van der Waals surface area contributed by atoms with Gasteiger partial charge in [0.1, 0.15) is 17.5 Å². The number of rotatable bonds is 8. The molecule has 3 aromatic rings. The Morgan fingerprint density at radius 1 is 1.15 bits per heavy atom. The Labute approximate surface area is 228 Å². The zero-order chi connectivity index (χ0) is 30.2. The molecule has 11 nitrogen and oxygen atoms in total. The highest BCUT2D eigenvalue weighted by molar-refractivity contribution is 7.92. The number of aromatic amines is 1. The summed E-state index contributed by atoms with van der Waals surface area (Å²) in [5.41, 5.74) is -4.26. The van der Waals surface area contributed by atoms with E-state index in [-0.39, 0.29) is 36.4 Å². The van der Waals surface area contributed by atoms with Gasteiger partial charge in [0.25, 0.3) is 10.0 Å². The van der Waals surface area contributed by atoms with E-state index in [0.717, 1.165) is 10.4 Å². The number of aryl methyl sites for hydroxylation is 1. The van der Waals surface area contributed by atoms with Gasteiger partial charge in [0.2, 0.25) is 5.60 Å². The lowest BCUT2D eigenvalue weighted by Crippen LogP contribution is -2.44. The minimum Gasteiger partial charge on any atom is -0.486 e. The minimum absolute atomic E-state index is 0.00998. The predicted molar refractivity (Wildman–Crippen MR) is 127 cm³/mol. The fourth-order valence-corrected chi connectivity index (χ4v) is 5.34. The third-order valence-electron chi connectivity index (χ3n) is 6.04. The number of aromatic nitrogens is 5. The maximum absolute atomic E-state index is 13.7. The average molecular weight is 609 g/mol. The second-order valence-electron chi connectivity index (χ2n) is 9.48. The van der Waals surface area contributed by atoms with Crippen LogP contribution in [-0.2, 0) is 38.6 Å². The Bertz CT molecular complexity index is 1510. The number of alkyl halides is 6. The van der Waals surface area contributed by atoms with E-state index >= 15 is 0 Å². The number of carbonyl (C=O) groups excluding carboxylic acids is 1. The molecule has 0 amide bonds. The molecule has 0 fully saturated rings. The number of tetrazole rings is 1. The number of hydrogen-bond acceptors (Lipinski definition) is 9. The number of nitrogens with zero attached hydrogens (tertiary/aromatic N) is 5. The molecular weight excluding hydrogens is 586 g/mol. The third-order valence-corrected chi connectivity index (χ3v) is 7.82. The number of halogens is 6. The van der Waals surface area contributed by atoms with E-state index < -0.39 is 57.1 Å². The Morgan fingerprint density at radius 3 is 2.51 bits per heavy atom.